The summed E-state index contributed by atoms with van der Waals surface area (Å²) in [7, 11) is 0. The Kier molecular flexibility index (Phi) is 5.57. The second-order valence-electron chi connectivity index (χ2n) is 7.12. The highest BCUT2D eigenvalue weighted by atomic mass is 19.1. The second kappa shape index (κ2) is 8.45. The molecule has 2 heterocycles. The van der Waals surface area contributed by atoms with Gasteiger partial charge in [0.2, 0.25) is 0 Å². The Balaban J connectivity index is 1.51. The molecule has 1 unspecified atom stereocenters. The summed E-state index contributed by atoms with van der Waals surface area (Å²) in [5.41, 5.74) is 9.02. The molecule has 1 aliphatic heterocycles. The molecule has 7 heteroatoms. The number of halogens is 1. The molecule has 150 valence electrons. The van der Waals surface area contributed by atoms with Crippen molar-refractivity contribution in [3.63, 3.8) is 0 Å². The van der Waals surface area contributed by atoms with Crippen molar-refractivity contribution in [2.45, 2.75) is 12.8 Å². The molecule has 29 heavy (non-hydrogen) atoms. The predicted octanol–water partition coefficient (Wildman–Crippen LogP) is 3.48. The Morgan fingerprint density at radius 1 is 1.17 bits per heavy atom. The second-order valence-corrected chi connectivity index (χ2v) is 7.12. The Bertz CT molecular complexity index is 995. The average molecular weight is 393 g/mol. The molecule has 0 spiro atoms. The highest BCUT2D eigenvalue weighted by Gasteiger charge is 2.17. The summed E-state index contributed by atoms with van der Waals surface area (Å²) in [5, 5.41) is 7.38. The zero-order valence-electron chi connectivity index (χ0n) is 16.3. The van der Waals surface area contributed by atoms with Crippen molar-refractivity contribution in [3.8, 4) is 11.1 Å². The maximum atomic E-state index is 14.7. The van der Waals surface area contributed by atoms with Crippen molar-refractivity contribution in [1.29, 1.82) is 0 Å². The van der Waals surface area contributed by atoms with Crippen LogP contribution in [0.2, 0.25) is 0 Å². The molecular weight excluding hydrogens is 369 g/mol. The first-order valence-corrected chi connectivity index (χ1v) is 9.73. The normalized spacial score (nSPS) is 16.1. The third kappa shape index (κ3) is 4.30. The monoisotopic (exact) mass is 393 g/mol. The number of piperazine rings is 1. The van der Waals surface area contributed by atoms with E-state index in [1.54, 1.807) is 18.2 Å². The van der Waals surface area contributed by atoms with Gasteiger partial charge in [-0.25, -0.2) is 4.39 Å². The standard InChI is InChI=1S/C22H24FN5O/c1-15(17-7-8-18(19(23)13-17)16-5-3-2-4-6-16)20-14-21(29-27-20)26-22(24)28-11-9-25-10-12-28/h2-8,13-15,25H,9-12H2,1H3,(H2,24,26). The molecule has 0 amide bonds. The minimum absolute atomic E-state index is 0.137. The minimum atomic E-state index is -0.259. The van der Waals surface area contributed by atoms with Crippen LogP contribution in [0.15, 0.2) is 64.1 Å². The van der Waals surface area contributed by atoms with Gasteiger partial charge in [0.15, 0.2) is 5.96 Å². The van der Waals surface area contributed by atoms with E-state index < -0.39 is 0 Å². The summed E-state index contributed by atoms with van der Waals surface area (Å²) in [4.78, 5) is 6.34. The number of nitrogens with two attached hydrogens (primary N) is 1. The van der Waals surface area contributed by atoms with E-state index in [1.807, 2.05) is 48.2 Å². The molecule has 3 N–H and O–H groups in total. The summed E-state index contributed by atoms with van der Waals surface area (Å²) in [6, 6.07) is 16.5. The highest BCUT2D eigenvalue weighted by molar-refractivity contribution is 5.80. The molecule has 0 aliphatic carbocycles. The van der Waals surface area contributed by atoms with Crippen LogP contribution >= 0.6 is 0 Å². The van der Waals surface area contributed by atoms with E-state index in [-0.39, 0.29) is 11.7 Å². The van der Waals surface area contributed by atoms with E-state index in [9.17, 15) is 4.39 Å². The van der Waals surface area contributed by atoms with E-state index in [2.05, 4.69) is 15.5 Å². The van der Waals surface area contributed by atoms with Crippen LogP contribution < -0.4 is 11.1 Å². The van der Waals surface area contributed by atoms with Gasteiger partial charge in [0, 0.05) is 43.7 Å². The van der Waals surface area contributed by atoms with Crippen LogP contribution in [-0.2, 0) is 0 Å². The zero-order chi connectivity index (χ0) is 20.2. The number of hydrogen-bond acceptors (Lipinski definition) is 4. The number of hydrogen-bond donors (Lipinski definition) is 2. The fourth-order valence-corrected chi connectivity index (χ4v) is 3.44. The van der Waals surface area contributed by atoms with Crippen LogP contribution in [-0.4, -0.2) is 42.2 Å². The topological polar surface area (TPSA) is 79.7 Å². The largest absolute Gasteiger partial charge is 0.369 e. The van der Waals surface area contributed by atoms with Crippen LogP contribution in [0, 0.1) is 5.82 Å². The van der Waals surface area contributed by atoms with Crippen LogP contribution in [0.25, 0.3) is 11.1 Å². The Hall–Kier alpha value is -3.19. The molecule has 0 radical (unpaired) electrons. The predicted molar refractivity (Wildman–Crippen MR) is 112 cm³/mol. The van der Waals surface area contributed by atoms with Crippen molar-refractivity contribution in [1.82, 2.24) is 15.4 Å². The van der Waals surface area contributed by atoms with Gasteiger partial charge in [0.1, 0.15) is 5.82 Å². The van der Waals surface area contributed by atoms with Gasteiger partial charge in [-0.15, -0.1) is 0 Å². The van der Waals surface area contributed by atoms with E-state index in [0.29, 0.717) is 23.1 Å². The zero-order valence-corrected chi connectivity index (χ0v) is 16.3. The molecule has 6 nitrogen and oxygen atoms in total. The molecule has 4 rings (SSSR count). The number of guanidine groups is 1. The number of nitrogens with one attached hydrogen (secondary N) is 1. The fraction of sp³-hybridized carbons (Fsp3) is 0.273. The maximum Gasteiger partial charge on any atom is 0.253 e. The lowest BCUT2D eigenvalue weighted by Gasteiger charge is -2.27. The summed E-state index contributed by atoms with van der Waals surface area (Å²) in [6.07, 6.45) is 0. The van der Waals surface area contributed by atoms with Crippen LogP contribution in [0.1, 0.15) is 24.1 Å². The lowest BCUT2D eigenvalue weighted by atomic mass is 9.95. The quantitative estimate of drug-likeness (QED) is 0.524. The van der Waals surface area contributed by atoms with E-state index in [4.69, 9.17) is 10.3 Å². The van der Waals surface area contributed by atoms with Gasteiger partial charge in [0.25, 0.3) is 5.88 Å². The first kappa shape index (κ1) is 19.1. The molecule has 3 aromatic rings. The van der Waals surface area contributed by atoms with Crippen molar-refractivity contribution in [2.75, 3.05) is 26.2 Å². The van der Waals surface area contributed by atoms with Crippen LogP contribution in [0.5, 0.6) is 0 Å². The van der Waals surface area contributed by atoms with Crippen molar-refractivity contribution in [3.05, 3.63) is 71.7 Å². The SMILES string of the molecule is CC(c1ccc(-c2ccccc2)c(F)c1)c1cc(/N=C(\N)N2CCNCC2)on1. The van der Waals surface area contributed by atoms with Crippen molar-refractivity contribution in [2.24, 2.45) is 10.7 Å². The first-order chi connectivity index (χ1) is 14.1. The molecule has 1 atom stereocenters. The van der Waals surface area contributed by atoms with Gasteiger partial charge >= 0.3 is 0 Å². The molecule has 1 saturated heterocycles. The lowest BCUT2D eigenvalue weighted by molar-refractivity contribution is 0.352. The lowest BCUT2D eigenvalue weighted by Crippen LogP contribution is -2.49. The molecule has 1 aromatic heterocycles. The van der Waals surface area contributed by atoms with Gasteiger partial charge in [-0.3, -0.25) is 0 Å². The Morgan fingerprint density at radius 3 is 2.66 bits per heavy atom. The van der Waals surface area contributed by atoms with E-state index >= 15 is 0 Å². The fourth-order valence-electron chi connectivity index (χ4n) is 3.44. The number of benzene rings is 2. The average Bonchev–Trinajstić information content (AvgIpc) is 3.23. The van der Waals surface area contributed by atoms with Crippen molar-refractivity contribution >= 4 is 11.8 Å². The van der Waals surface area contributed by atoms with Crippen LogP contribution in [0.4, 0.5) is 10.3 Å². The molecular formula is C22H24FN5O. The summed E-state index contributed by atoms with van der Waals surface area (Å²) in [5.74, 6) is 0.372. The highest BCUT2D eigenvalue weighted by Crippen LogP contribution is 2.30. The molecule has 1 aliphatic rings. The summed E-state index contributed by atoms with van der Waals surface area (Å²) in [6.45, 7) is 5.32. The number of rotatable bonds is 4. The third-order valence-corrected chi connectivity index (χ3v) is 5.20. The minimum Gasteiger partial charge on any atom is -0.369 e. The van der Waals surface area contributed by atoms with Gasteiger partial charge in [-0.1, -0.05) is 54.5 Å². The van der Waals surface area contributed by atoms with Gasteiger partial charge in [0.05, 0.1) is 5.69 Å². The molecule has 2 aromatic carbocycles. The van der Waals surface area contributed by atoms with Gasteiger partial charge in [-0.2, -0.15) is 4.99 Å². The van der Waals surface area contributed by atoms with Crippen LogP contribution in [0.3, 0.4) is 0 Å². The molecule has 0 bridgehead atoms. The Labute approximate surface area is 169 Å². The number of nitrogens with zero attached hydrogens (tertiary/aromatic N) is 3. The number of aromatic nitrogens is 1. The summed E-state index contributed by atoms with van der Waals surface area (Å²) < 4.78 is 20.0. The molecule has 0 saturated carbocycles. The first-order valence-electron chi connectivity index (χ1n) is 9.73. The summed E-state index contributed by atoms with van der Waals surface area (Å²) >= 11 is 0. The van der Waals surface area contributed by atoms with E-state index in [1.165, 1.54) is 0 Å². The Morgan fingerprint density at radius 2 is 1.93 bits per heavy atom. The van der Waals surface area contributed by atoms with Crippen molar-refractivity contribution < 1.29 is 8.91 Å². The van der Waals surface area contributed by atoms with Gasteiger partial charge < -0.3 is 20.5 Å². The maximum absolute atomic E-state index is 14.7. The number of aliphatic imine (C=N–C) groups is 1. The van der Waals surface area contributed by atoms with Gasteiger partial charge in [-0.05, 0) is 17.2 Å². The smallest absolute Gasteiger partial charge is 0.253 e. The third-order valence-electron chi connectivity index (χ3n) is 5.20. The molecule has 1 fully saturated rings. The van der Waals surface area contributed by atoms with E-state index in [0.717, 1.165) is 37.3 Å².